The van der Waals surface area contributed by atoms with Crippen LogP contribution < -0.4 is 10.6 Å². The van der Waals surface area contributed by atoms with Crippen molar-refractivity contribution in [3.05, 3.63) is 197 Å². The largest absolute Gasteiger partial charge is 0.455 e. The number of nitrogens with two attached hydrogens (primary N) is 1. The van der Waals surface area contributed by atoms with Crippen LogP contribution in [0, 0.1) is 6.92 Å². The number of anilines is 4. The number of allylic oxidation sites excluding steroid dienone is 4. The summed E-state index contributed by atoms with van der Waals surface area (Å²) in [6.45, 7) is 11.3. The molecule has 0 bridgehead atoms. The van der Waals surface area contributed by atoms with Gasteiger partial charge in [-0.3, -0.25) is 4.98 Å². The van der Waals surface area contributed by atoms with Crippen LogP contribution in [0.15, 0.2) is 169 Å². The third-order valence-corrected chi connectivity index (χ3v) is 12.5. The SMILES string of the molecule is Cc1cncc(-c2ccccc2C2(C)c3cc(N(c4ccc(C5C=CC=CC5)cc4)c4ccc(C(C)(C)C)cc4)ccc3-c3c2cc(N)c2c3oc3ccccc32)c1. The number of pyridine rings is 1. The summed E-state index contributed by atoms with van der Waals surface area (Å²) in [6.07, 6.45) is 13.8. The standard InChI is InChI=1S/C54H47N3O/c1-34-29-37(33-56-32-34)42-15-9-11-17-45(42)54(5)46-30-41(27-28-43(46)50-47(54)31-48(55)51-44-16-10-12-18-49(44)58-52(50)51)57(40-25-21-38(22-26-40)53(2,3)4)39-23-19-36(20-24-39)35-13-7-6-8-14-35/h6-13,15-33,35H,14,55H2,1-5H3. The Bertz CT molecular complexity index is 2940. The van der Waals surface area contributed by atoms with Crippen LogP contribution in [0.3, 0.4) is 0 Å². The number of para-hydroxylation sites is 1. The zero-order valence-corrected chi connectivity index (χ0v) is 33.8. The maximum Gasteiger partial charge on any atom is 0.145 e. The van der Waals surface area contributed by atoms with Gasteiger partial charge in [-0.15, -0.1) is 0 Å². The fourth-order valence-electron chi connectivity index (χ4n) is 9.46. The van der Waals surface area contributed by atoms with Crippen LogP contribution in [-0.2, 0) is 10.8 Å². The van der Waals surface area contributed by atoms with Crippen LogP contribution >= 0.6 is 0 Å². The van der Waals surface area contributed by atoms with Crippen molar-refractivity contribution in [3.8, 4) is 22.3 Å². The van der Waals surface area contributed by atoms with E-state index in [-0.39, 0.29) is 5.41 Å². The normalized spacial score (nSPS) is 17.2. The van der Waals surface area contributed by atoms with Crippen LogP contribution in [0.25, 0.3) is 44.2 Å². The molecule has 2 heterocycles. The van der Waals surface area contributed by atoms with E-state index >= 15 is 0 Å². The highest BCUT2D eigenvalue weighted by Gasteiger charge is 2.45. The average Bonchev–Trinajstić information content (AvgIpc) is 3.75. The topological polar surface area (TPSA) is 55.3 Å². The molecule has 2 unspecified atom stereocenters. The first-order valence-electron chi connectivity index (χ1n) is 20.3. The quantitative estimate of drug-likeness (QED) is 0.172. The second kappa shape index (κ2) is 13.5. The average molecular weight is 754 g/mol. The van der Waals surface area contributed by atoms with Gasteiger partial charge in [-0.1, -0.05) is 118 Å². The fourth-order valence-corrected chi connectivity index (χ4v) is 9.46. The molecule has 0 spiro atoms. The summed E-state index contributed by atoms with van der Waals surface area (Å²) in [5.41, 5.74) is 24.0. The van der Waals surface area contributed by atoms with Crippen LogP contribution in [0.2, 0.25) is 0 Å². The van der Waals surface area contributed by atoms with Gasteiger partial charge in [0, 0.05) is 63.0 Å². The summed E-state index contributed by atoms with van der Waals surface area (Å²) in [7, 11) is 0. The van der Waals surface area contributed by atoms with Gasteiger partial charge in [0.1, 0.15) is 11.2 Å². The van der Waals surface area contributed by atoms with Crippen LogP contribution in [0.5, 0.6) is 0 Å². The lowest BCUT2D eigenvalue weighted by Crippen LogP contribution is -2.24. The van der Waals surface area contributed by atoms with Gasteiger partial charge in [0.05, 0.1) is 5.39 Å². The molecule has 0 saturated carbocycles. The molecule has 0 radical (unpaired) electrons. The van der Waals surface area contributed by atoms with Gasteiger partial charge >= 0.3 is 0 Å². The van der Waals surface area contributed by atoms with Crippen molar-refractivity contribution < 1.29 is 4.42 Å². The Kier molecular flexibility index (Phi) is 8.31. The van der Waals surface area contributed by atoms with Crippen molar-refractivity contribution >= 4 is 44.7 Å². The molecule has 2 atom stereocenters. The number of nitrogen functional groups attached to an aromatic ring is 1. The maximum absolute atomic E-state index is 7.10. The number of hydrogen-bond donors (Lipinski definition) is 1. The van der Waals surface area contributed by atoms with E-state index in [2.05, 4.69) is 184 Å². The van der Waals surface area contributed by atoms with Crippen molar-refractivity contribution in [1.29, 1.82) is 0 Å². The van der Waals surface area contributed by atoms with Crippen molar-refractivity contribution in [2.75, 3.05) is 10.6 Å². The van der Waals surface area contributed by atoms with Crippen molar-refractivity contribution in [2.24, 2.45) is 0 Å². The predicted octanol–water partition coefficient (Wildman–Crippen LogP) is 14.2. The Morgan fingerprint density at radius 3 is 2.19 bits per heavy atom. The highest BCUT2D eigenvalue weighted by Crippen LogP contribution is 2.59. The summed E-state index contributed by atoms with van der Waals surface area (Å²) < 4.78 is 6.80. The molecule has 2 N–H and O–H groups in total. The van der Waals surface area contributed by atoms with Gasteiger partial charge in [0.25, 0.3) is 0 Å². The molecule has 6 aromatic carbocycles. The molecule has 58 heavy (non-hydrogen) atoms. The van der Waals surface area contributed by atoms with Crippen LogP contribution in [-0.4, -0.2) is 4.98 Å². The molecule has 2 aliphatic rings. The summed E-state index contributed by atoms with van der Waals surface area (Å²) >= 11 is 0. The Morgan fingerprint density at radius 1 is 0.724 bits per heavy atom. The molecule has 2 aromatic heterocycles. The highest BCUT2D eigenvalue weighted by atomic mass is 16.3. The number of rotatable bonds is 6. The van der Waals surface area contributed by atoms with Gasteiger partial charge in [-0.05, 0) is 125 Å². The Labute approximate surface area is 341 Å². The number of fused-ring (bicyclic) bond motifs is 7. The van der Waals surface area contributed by atoms with Gasteiger partial charge in [-0.2, -0.15) is 0 Å². The van der Waals surface area contributed by atoms with Crippen molar-refractivity contribution in [1.82, 2.24) is 4.98 Å². The minimum absolute atomic E-state index is 0.0398. The number of benzene rings is 6. The molecular weight excluding hydrogens is 707 g/mol. The number of furan rings is 1. The third kappa shape index (κ3) is 5.69. The third-order valence-electron chi connectivity index (χ3n) is 12.5. The van der Waals surface area contributed by atoms with Crippen LogP contribution in [0.1, 0.15) is 73.4 Å². The molecule has 4 nitrogen and oxygen atoms in total. The number of nitrogens with zero attached hydrogens (tertiary/aromatic N) is 2. The second-order valence-electron chi connectivity index (χ2n) is 17.2. The molecule has 8 aromatic rings. The van der Waals surface area contributed by atoms with E-state index in [0.717, 1.165) is 84.5 Å². The zero-order valence-electron chi connectivity index (χ0n) is 33.8. The summed E-state index contributed by atoms with van der Waals surface area (Å²) in [5, 5.41) is 2.00. The van der Waals surface area contributed by atoms with E-state index < -0.39 is 5.41 Å². The van der Waals surface area contributed by atoms with Gasteiger partial charge < -0.3 is 15.1 Å². The van der Waals surface area contributed by atoms with Crippen LogP contribution in [0.4, 0.5) is 22.7 Å². The first-order chi connectivity index (χ1) is 28.1. The first-order valence-corrected chi connectivity index (χ1v) is 20.3. The lowest BCUT2D eigenvalue weighted by molar-refractivity contribution is 0.590. The first kappa shape index (κ1) is 35.7. The molecule has 0 saturated heterocycles. The lowest BCUT2D eigenvalue weighted by Gasteiger charge is -2.32. The van der Waals surface area contributed by atoms with E-state index in [4.69, 9.17) is 10.2 Å². The summed E-state index contributed by atoms with van der Waals surface area (Å²) in [6, 6.07) is 46.6. The molecule has 10 rings (SSSR count). The molecule has 2 aliphatic carbocycles. The number of aryl methyl sites for hydroxylation is 1. The molecule has 284 valence electrons. The zero-order chi connectivity index (χ0) is 39.8. The molecule has 4 heteroatoms. The van der Waals surface area contributed by atoms with E-state index in [9.17, 15) is 0 Å². The van der Waals surface area contributed by atoms with E-state index in [1.165, 1.54) is 22.3 Å². The Morgan fingerprint density at radius 2 is 1.45 bits per heavy atom. The van der Waals surface area contributed by atoms with E-state index in [1.54, 1.807) is 0 Å². The fraction of sp³-hybridized carbons (Fsp3) is 0.167. The molecule has 0 amide bonds. The highest BCUT2D eigenvalue weighted by molar-refractivity contribution is 6.17. The molecule has 0 aliphatic heterocycles. The monoisotopic (exact) mass is 753 g/mol. The number of hydrogen-bond acceptors (Lipinski definition) is 4. The van der Waals surface area contributed by atoms with Gasteiger partial charge in [0.15, 0.2) is 0 Å². The van der Waals surface area contributed by atoms with Gasteiger partial charge in [-0.25, -0.2) is 0 Å². The van der Waals surface area contributed by atoms with E-state index in [1.807, 2.05) is 24.5 Å². The number of aromatic nitrogens is 1. The molecule has 0 fully saturated rings. The smallest absolute Gasteiger partial charge is 0.145 e. The van der Waals surface area contributed by atoms with Gasteiger partial charge in [0.2, 0.25) is 0 Å². The summed E-state index contributed by atoms with van der Waals surface area (Å²) in [5.74, 6) is 0.379. The minimum Gasteiger partial charge on any atom is -0.455 e. The van der Waals surface area contributed by atoms with Crippen molar-refractivity contribution in [3.63, 3.8) is 0 Å². The van der Waals surface area contributed by atoms with E-state index in [0.29, 0.717) is 5.92 Å². The second-order valence-corrected chi connectivity index (χ2v) is 17.2. The molecular formula is C54H47N3O. The lowest BCUT2D eigenvalue weighted by atomic mass is 9.71. The summed E-state index contributed by atoms with van der Waals surface area (Å²) in [4.78, 5) is 7.03. The minimum atomic E-state index is -0.602. The Balaban J connectivity index is 1.22. The predicted molar refractivity (Wildman–Crippen MR) is 243 cm³/mol. The maximum atomic E-state index is 7.10. The van der Waals surface area contributed by atoms with Crippen molar-refractivity contribution in [2.45, 2.75) is 57.8 Å². The Hall–Kier alpha value is -6.65.